The highest BCUT2D eigenvalue weighted by molar-refractivity contribution is 9.10. The van der Waals surface area contributed by atoms with Crippen LogP contribution in [0.5, 0.6) is 5.75 Å². The zero-order valence-corrected chi connectivity index (χ0v) is 16.3. The third-order valence-electron chi connectivity index (χ3n) is 3.59. The number of rotatable bonds is 4. The van der Waals surface area contributed by atoms with Crippen LogP contribution in [-0.2, 0) is 11.4 Å². The molecule has 2 amide bonds. The van der Waals surface area contributed by atoms with E-state index < -0.39 is 0 Å². The molecular formula is C18H13BrClNO3S. The van der Waals surface area contributed by atoms with Gasteiger partial charge in [0.15, 0.2) is 0 Å². The van der Waals surface area contributed by atoms with E-state index >= 15 is 0 Å². The lowest BCUT2D eigenvalue weighted by atomic mass is 10.1. The second-order valence-corrected chi connectivity index (χ2v) is 7.62. The van der Waals surface area contributed by atoms with E-state index in [1.54, 1.807) is 12.1 Å². The first-order chi connectivity index (χ1) is 12.0. The number of thioether (sulfide) groups is 1. The molecule has 128 valence electrons. The first-order valence-corrected chi connectivity index (χ1v) is 9.32. The summed E-state index contributed by atoms with van der Waals surface area (Å²) in [5, 5.41) is 0.345. The van der Waals surface area contributed by atoms with Crippen LogP contribution in [-0.4, -0.2) is 23.1 Å². The van der Waals surface area contributed by atoms with Crippen LogP contribution in [0.2, 0.25) is 5.02 Å². The molecule has 0 bridgehead atoms. The van der Waals surface area contributed by atoms with Crippen LogP contribution in [0.1, 0.15) is 11.1 Å². The van der Waals surface area contributed by atoms with E-state index in [-0.39, 0.29) is 11.1 Å². The topological polar surface area (TPSA) is 46.6 Å². The van der Waals surface area contributed by atoms with E-state index in [1.165, 1.54) is 7.05 Å². The molecule has 0 saturated carbocycles. The Morgan fingerprint density at radius 3 is 2.68 bits per heavy atom. The Morgan fingerprint density at radius 2 is 2.00 bits per heavy atom. The first kappa shape index (κ1) is 18.0. The molecule has 0 unspecified atom stereocenters. The van der Waals surface area contributed by atoms with Crippen molar-refractivity contribution in [1.29, 1.82) is 0 Å². The van der Waals surface area contributed by atoms with Gasteiger partial charge in [0.2, 0.25) is 0 Å². The summed E-state index contributed by atoms with van der Waals surface area (Å²) < 4.78 is 6.74. The van der Waals surface area contributed by atoms with E-state index in [4.69, 9.17) is 16.3 Å². The van der Waals surface area contributed by atoms with Crippen molar-refractivity contribution < 1.29 is 14.3 Å². The summed E-state index contributed by atoms with van der Waals surface area (Å²) in [4.78, 5) is 25.2. The van der Waals surface area contributed by atoms with Crippen LogP contribution < -0.4 is 4.74 Å². The number of hydrogen-bond donors (Lipinski definition) is 0. The van der Waals surface area contributed by atoms with Gasteiger partial charge in [-0.15, -0.1) is 0 Å². The lowest BCUT2D eigenvalue weighted by molar-refractivity contribution is -0.121. The lowest BCUT2D eigenvalue weighted by Gasteiger charge is -2.11. The number of carbonyl (C=O) groups excluding carboxylic acids is 2. The van der Waals surface area contributed by atoms with Crippen LogP contribution in [0.4, 0.5) is 4.79 Å². The minimum Gasteiger partial charge on any atom is -0.488 e. The summed E-state index contributed by atoms with van der Waals surface area (Å²) in [6, 6.07) is 12.9. The molecule has 0 spiro atoms. The third-order valence-corrected chi connectivity index (χ3v) is 5.41. The summed E-state index contributed by atoms with van der Waals surface area (Å²) in [6.45, 7) is 0.303. The highest BCUT2D eigenvalue weighted by atomic mass is 79.9. The van der Waals surface area contributed by atoms with Gasteiger partial charge in [-0.3, -0.25) is 14.5 Å². The molecule has 0 N–H and O–H groups in total. The average molecular weight is 439 g/mol. The van der Waals surface area contributed by atoms with Gasteiger partial charge < -0.3 is 4.74 Å². The van der Waals surface area contributed by atoms with Crippen molar-refractivity contribution in [2.24, 2.45) is 0 Å². The van der Waals surface area contributed by atoms with Gasteiger partial charge in [-0.05, 0) is 42.1 Å². The number of ether oxygens (including phenoxy) is 1. The highest BCUT2D eigenvalue weighted by Crippen LogP contribution is 2.34. The molecule has 25 heavy (non-hydrogen) atoms. The SMILES string of the molecule is CN1C(=O)S/C(=C\c2cc(Br)ccc2OCc2ccccc2Cl)C1=O. The Kier molecular flexibility index (Phi) is 5.51. The van der Waals surface area contributed by atoms with Crippen LogP contribution >= 0.6 is 39.3 Å². The molecular weight excluding hydrogens is 426 g/mol. The molecule has 0 radical (unpaired) electrons. The largest absolute Gasteiger partial charge is 0.488 e. The number of hydrogen-bond acceptors (Lipinski definition) is 4. The molecule has 4 nitrogen and oxygen atoms in total. The summed E-state index contributed by atoms with van der Waals surface area (Å²) in [5.41, 5.74) is 1.58. The number of carbonyl (C=O) groups is 2. The van der Waals surface area contributed by atoms with Crippen molar-refractivity contribution in [3.63, 3.8) is 0 Å². The summed E-state index contributed by atoms with van der Waals surface area (Å²) in [5.74, 6) is 0.290. The van der Waals surface area contributed by atoms with Crippen molar-refractivity contribution >= 4 is 56.5 Å². The third kappa shape index (κ3) is 4.08. The molecule has 3 rings (SSSR count). The second kappa shape index (κ2) is 7.64. The molecule has 1 aliphatic rings. The fraction of sp³-hybridized carbons (Fsp3) is 0.111. The van der Waals surface area contributed by atoms with Crippen molar-refractivity contribution in [2.75, 3.05) is 7.05 Å². The number of halogens is 2. The fourth-order valence-electron chi connectivity index (χ4n) is 2.22. The minimum atomic E-state index is -0.313. The zero-order chi connectivity index (χ0) is 18.0. The van der Waals surface area contributed by atoms with Gasteiger partial charge in [-0.1, -0.05) is 45.7 Å². The molecule has 1 heterocycles. The number of likely N-dealkylation sites (N-methyl/N-ethyl adjacent to an activating group) is 1. The Labute approximate surface area is 162 Å². The zero-order valence-electron chi connectivity index (χ0n) is 13.2. The van der Waals surface area contributed by atoms with E-state index in [0.717, 1.165) is 26.7 Å². The van der Waals surface area contributed by atoms with Crippen molar-refractivity contribution in [3.05, 3.63) is 68.0 Å². The van der Waals surface area contributed by atoms with Crippen molar-refractivity contribution in [1.82, 2.24) is 4.90 Å². The average Bonchev–Trinajstić information content (AvgIpc) is 2.82. The number of nitrogens with zero attached hydrogens (tertiary/aromatic N) is 1. The van der Waals surface area contributed by atoms with E-state index in [9.17, 15) is 9.59 Å². The number of imide groups is 1. The maximum atomic E-state index is 12.1. The van der Waals surface area contributed by atoms with Crippen molar-refractivity contribution in [2.45, 2.75) is 6.61 Å². The Hall–Kier alpha value is -1.76. The van der Waals surface area contributed by atoms with E-state index in [1.807, 2.05) is 36.4 Å². The Balaban J connectivity index is 1.88. The van der Waals surface area contributed by atoms with Gasteiger partial charge in [0.05, 0.1) is 4.91 Å². The van der Waals surface area contributed by atoms with Crippen LogP contribution in [0, 0.1) is 0 Å². The molecule has 0 aliphatic carbocycles. The van der Waals surface area contributed by atoms with Gasteiger partial charge >= 0.3 is 0 Å². The van der Waals surface area contributed by atoms with Crippen molar-refractivity contribution in [3.8, 4) is 5.75 Å². The van der Waals surface area contributed by atoms with Crippen LogP contribution in [0.25, 0.3) is 6.08 Å². The van der Waals surface area contributed by atoms with E-state index in [0.29, 0.717) is 27.8 Å². The molecule has 0 aromatic heterocycles. The molecule has 7 heteroatoms. The first-order valence-electron chi connectivity index (χ1n) is 7.33. The molecule has 1 fully saturated rings. The molecule has 0 atom stereocenters. The standard InChI is InChI=1S/C18H13BrClNO3S/c1-21-17(22)16(25-18(21)23)9-12-8-13(19)6-7-15(12)24-10-11-4-2-3-5-14(11)20/h2-9H,10H2,1H3/b16-9-. The van der Waals surface area contributed by atoms with Gasteiger partial charge in [-0.25, -0.2) is 0 Å². The monoisotopic (exact) mass is 437 g/mol. The molecule has 1 saturated heterocycles. The predicted molar refractivity (Wildman–Crippen MR) is 104 cm³/mol. The normalized spacial score (nSPS) is 16.0. The van der Waals surface area contributed by atoms with Gasteiger partial charge in [0, 0.05) is 27.7 Å². The maximum absolute atomic E-state index is 12.1. The second-order valence-electron chi connectivity index (χ2n) is 5.30. The highest BCUT2D eigenvalue weighted by Gasteiger charge is 2.32. The number of amides is 2. The Bertz CT molecular complexity index is 884. The lowest BCUT2D eigenvalue weighted by Crippen LogP contribution is -2.22. The van der Waals surface area contributed by atoms with Gasteiger partial charge in [0.1, 0.15) is 12.4 Å². The summed E-state index contributed by atoms with van der Waals surface area (Å²) in [6.07, 6.45) is 1.67. The van der Waals surface area contributed by atoms with Gasteiger partial charge in [0.25, 0.3) is 11.1 Å². The maximum Gasteiger partial charge on any atom is 0.293 e. The molecule has 2 aromatic carbocycles. The minimum absolute atomic E-state index is 0.287. The quantitative estimate of drug-likeness (QED) is 0.604. The predicted octanol–water partition coefficient (Wildman–Crippen LogP) is 5.35. The van der Waals surface area contributed by atoms with E-state index in [2.05, 4.69) is 15.9 Å². The fourth-order valence-corrected chi connectivity index (χ4v) is 3.61. The summed E-state index contributed by atoms with van der Waals surface area (Å²) >= 11 is 10.5. The van der Waals surface area contributed by atoms with Crippen LogP contribution in [0.3, 0.4) is 0 Å². The molecule has 2 aromatic rings. The summed E-state index contributed by atoms with van der Waals surface area (Å²) in [7, 11) is 1.47. The smallest absolute Gasteiger partial charge is 0.293 e. The molecule has 1 aliphatic heterocycles. The van der Waals surface area contributed by atoms with Gasteiger partial charge in [-0.2, -0.15) is 0 Å². The number of benzene rings is 2. The Morgan fingerprint density at radius 1 is 1.24 bits per heavy atom. The van der Waals surface area contributed by atoms with Crippen LogP contribution in [0.15, 0.2) is 51.8 Å².